The molecule has 11 nitrogen and oxygen atoms in total. The second kappa shape index (κ2) is 17.6. The number of nitrogens with two attached hydrogens (primary N) is 1. The van der Waals surface area contributed by atoms with Crippen LogP contribution in [0.4, 0.5) is 5.69 Å². The number of halogens is 2. The number of nitrogens with zero attached hydrogens (tertiary/aromatic N) is 3. The molecular formula is C36H43Br2N7O4. The molecule has 4 aromatic rings. The third kappa shape index (κ3) is 9.83. The summed E-state index contributed by atoms with van der Waals surface area (Å²) in [6.45, 7) is 2.87. The Balaban J connectivity index is 1.26. The van der Waals surface area contributed by atoms with Crippen molar-refractivity contribution in [2.75, 3.05) is 37.6 Å². The highest BCUT2D eigenvalue weighted by atomic mass is 79.9. The number of amides is 3. The number of aromatic nitrogens is 2. The largest absolute Gasteiger partial charge is 0.506 e. The van der Waals surface area contributed by atoms with Gasteiger partial charge in [-0.2, -0.15) is 0 Å². The van der Waals surface area contributed by atoms with E-state index in [4.69, 9.17) is 5.73 Å². The second-order valence-corrected chi connectivity index (χ2v) is 14.0. The Morgan fingerprint density at radius 1 is 0.939 bits per heavy atom. The number of unbranched alkanes of at least 4 members (excludes halogenated alkanes) is 1. The van der Waals surface area contributed by atoms with Gasteiger partial charge >= 0.3 is 0 Å². The molecule has 0 unspecified atom stereocenters. The molecule has 0 bridgehead atoms. The Morgan fingerprint density at radius 3 is 2.37 bits per heavy atom. The lowest BCUT2D eigenvalue weighted by atomic mass is 10.0. The molecule has 3 heterocycles. The lowest BCUT2D eigenvalue weighted by Crippen LogP contribution is -2.57. The maximum Gasteiger partial charge on any atom is 0.245 e. The minimum absolute atomic E-state index is 0.0423. The van der Waals surface area contributed by atoms with Gasteiger partial charge in [-0.15, -0.1) is 0 Å². The molecule has 6 N–H and O–H groups in total. The first-order valence-corrected chi connectivity index (χ1v) is 18.3. The molecule has 1 saturated heterocycles. The number of aryl methyl sites for hydroxylation is 1. The first-order chi connectivity index (χ1) is 23.7. The minimum atomic E-state index is -0.947. The van der Waals surface area contributed by atoms with Gasteiger partial charge in [0.1, 0.15) is 17.8 Å². The highest BCUT2D eigenvalue weighted by molar-refractivity contribution is 9.11. The Bertz CT molecular complexity index is 1700. The van der Waals surface area contributed by atoms with Crippen molar-refractivity contribution < 1.29 is 19.5 Å². The SMILES string of the molecule is NCCCC[C@H](NC(=O)[C@@H](Cc1cc(Br)c(O)c(Br)c1)NC(=O)CCCc1c[nH]c2ccccc12)C(=O)N1CCN(c2ccncc2)CC1. The van der Waals surface area contributed by atoms with E-state index in [1.807, 2.05) is 36.5 Å². The molecule has 5 rings (SSSR count). The first-order valence-electron chi connectivity index (χ1n) is 16.7. The summed E-state index contributed by atoms with van der Waals surface area (Å²) in [6.07, 6.45) is 9.01. The average Bonchev–Trinajstić information content (AvgIpc) is 3.53. The predicted octanol–water partition coefficient (Wildman–Crippen LogP) is 4.81. The molecular weight excluding hydrogens is 754 g/mol. The number of hydrogen-bond acceptors (Lipinski definition) is 7. The molecule has 49 heavy (non-hydrogen) atoms. The van der Waals surface area contributed by atoms with Crippen LogP contribution in [0.1, 0.15) is 43.2 Å². The lowest BCUT2D eigenvalue weighted by Gasteiger charge is -2.37. The molecule has 1 aliphatic heterocycles. The second-order valence-electron chi connectivity index (χ2n) is 12.3. The number of pyridine rings is 1. The number of H-pyrrole nitrogens is 1. The normalized spacial score (nSPS) is 14.4. The van der Waals surface area contributed by atoms with Crippen LogP contribution in [0.2, 0.25) is 0 Å². The molecule has 2 aromatic carbocycles. The van der Waals surface area contributed by atoms with E-state index >= 15 is 0 Å². The fourth-order valence-corrected chi connectivity index (χ4v) is 7.49. The van der Waals surface area contributed by atoms with Gasteiger partial charge in [-0.3, -0.25) is 19.4 Å². The summed E-state index contributed by atoms with van der Waals surface area (Å²) in [5.74, 6) is -0.790. The Kier molecular flexibility index (Phi) is 13.1. The first kappa shape index (κ1) is 36.3. The van der Waals surface area contributed by atoms with Crippen LogP contribution in [0.3, 0.4) is 0 Å². The zero-order chi connectivity index (χ0) is 34.8. The van der Waals surface area contributed by atoms with Gasteiger partial charge in [0, 0.05) is 74.2 Å². The molecule has 260 valence electrons. The van der Waals surface area contributed by atoms with E-state index in [2.05, 4.69) is 63.4 Å². The van der Waals surface area contributed by atoms with E-state index in [1.54, 1.807) is 29.4 Å². The fraction of sp³-hybridized carbons (Fsp3) is 0.389. The molecule has 1 aliphatic rings. The smallest absolute Gasteiger partial charge is 0.245 e. The summed E-state index contributed by atoms with van der Waals surface area (Å²) in [5.41, 5.74) is 9.72. The maximum absolute atomic E-state index is 14.0. The molecule has 0 radical (unpaired) electrons. The Hall–Kier alpha value is -3.94. The van der Waals surface area contributed by atoms with Crippen LogP contribution >= 0.6 is 31.9 Å². The van der Waals surface area contributed by atoms with Gasteiger partial charge in [0.25, 0.3) is 0 Å². The van der Waals surface area contributed by atoms with Crippen molar-refractivity contribution in [3.05, 3.63) is 87.2 Å². The van der Waals surface area contributed by atoms with Crippen LogP contribution in [0.15, 0.2) is 76.1 Å². The zero-order valence-corrected chi connectivity index (χ0v) is 30.5. The van der Waals surface area contributed by atoms with Crippen molar-refractivity contribution in [1.29, 1.82) is 0 Å². The number of aromatic amines is 1. The Labute approximate surface area is 303 Å². The van der Waals surface area contributed by atoms with E-state index < -0.39 is 18.0 Å². The third-order valence-electron chi connectivity index (χ3n) is 8.87. The minimum Gasteiger partial charge on any atom is -0.506 e. The number of phenols is 1. The summed E-state index contributed by atoms with van der Waals surface area (Å²) >= 11 is 6.73. The number of fused-ring (bicyclic) bond motifs is 1. The molecule has 2 aromatic heterocycles. The van der Waals surface area contributed by atoms with Crippen LogP contribution < -0.4 is 21.3 Å². The molecule has 3 amide bonds. The number of benzene rings is 2. The fourth-order valence-electron chi connectivity index (χ4n) is 6.21. The predicted molar refractivity (Wildman–Crippen MR) is 198 cm³/mol. The highest BCUT2D eigenvalue weighted by Gasteiger charge is 2.31. The molecule has 13 heteroatoms. The van der Waals surface area contributed by atoms with E-state index in [0.717, 1.165) is 28.6 Å². The number of carbonyl (C=O) groups excluding carboxylic acids is 3. The summed E-state index contributed by atoms with van der Waals surface area (Å²) < 4.78 is 0.920. The number of rotatable bonds is 15. The summed E-state index contributed by atoms with van der Waals surface area (Å²) in [7, 11) is 0. The van der Waals surface area contributed by atoms with Crippen LogP contribution in [0.25, 0.3) is 10.9 Å². The summed E-state index contributed by atoms with van der Waals surface area (Å²) in [4.78, 5) is 52.5. The quantitative estimate of drug-likeness (QED) is 0.108. The number of aromatic hydroxyl groups is 1. The van der Waals surface area contributed by atoms with Crippen molar-refractivity contribution in [1.82, 2.24) is 25.5 Å². The number of para-hydroxylation sites is 1. The number of piperazine rings is 1. The van der Waals surface area contributed by atoms with Crippen molar-refractivity contribution in [3.8, 4) is 5.75 Å². The topological polar surface area (TPSA) is 157 Å². The van der Waals surface area contributed by atoms with E-state index in [9.17, 15) is 19.5 Å². The van der Waals surface area contributed by atoms with E-state index in [0.29, 0.717) is 72.9 Å². The van der Waals surface area contributed by atoms with E-state index in [1.165, 1.54) is 0 Å². The van der Waals surface area contributed by atoms with Gasteiger partial charge < -0.3 is 36.3 Å². The summed E-state index contributed by atoms with van der Waals surface area (Å²) in [6, 6.07) is 13.7. The van der Waals surface area contributed by atoms with Crippen LogP contribution in [-0.2, 0) is 27.2 Å². The van der Waals surface area contributed by atoms with Crippen molar-refractivity contribution >= 4 is 66.2 Å². The van der Waals surface area contributed by atoms with Gasteiger partial charge in [-0.05, 0) is 112 Å². The zero-order valence-electron chi connectivity index (χ0n) is 27.3. The number of nitrogens with one attached hydrogen (secondary N) is 3. The van der Waals surface area contributed by atoms with Gasteiger partial charge in [0.2, 0.25) is 17.7 Å². The van der Waals surface area contributed by atoms with Gasteiger partial charge in [-0.1, -0.05) is 18.2 Å². The van der Waals surface area contributed by atoms with Crippen molar-refractivity contribution in [2.24, 2.45) is 5.73 Å². The lowest BCUT2D eigenvalue weighted by molar-refractivity contribution is -0.137. The average molecular weight is 798 g/mol. The number of carbonyl (C=O) groups is 3. The van der Waals surface area contributed by atoms with Crippen LogP contribution in [0, 0.1) is 0 Å². The monoisotopic (exact) mass is 795 g/mol. The molecule has 2 atom stereocenters. The van der Waals surface area contributed by atoms with Gasteiger partial charge in [0.05, 0.1) is 8.95 Å². The van der Waals surface area contributed by atoms with Crippen molar-refractivity contribution in [2.45, 2.75) is 57.0 Å². The summed E-state index contributed by atoms with van der Waals surface area (Å²) in [5, 5.41) is 17.3. The maximum atomic E-state index is 14.0. The number of phenolic OH excluding ortho intramolecular Hbond substituents is 1. The number of hydrogen-bond donors (Lipinski definition) is 5. The van der Waals surface area contributed by atoms with Crippen molar-refractivity contribution in [3.63, 3.8) is 0 Å². The number of anilines is 1. The third-order valence-corrected chi connectivity index (χ3v) is 10.1. The molecule has 1 fully saturated rings. The van der Waals surface area contributed by atoms with Gasteiger partial charge in [0.15, 0.2) is 0 Å². The van der Waals surface area contributed by atoms with Crippen LogP contribution in [-0.4, -0.2) is 82.5 Å². The van der Waals surface area contributed by atoms with Gasteiger partial charge in [-0.25, -0.2) is 0 Å². The molecule has 0 spiro atoms. The molecule has 0 aliphatic carbocycles. The highest BCUT2D eigenvalue weighted by Crippen LogP contribution is 2.33. The standard InChI is InChI=1S/C36H43Br2N7O4/c37-28-20-24(21-29(38)34(28)47)22-32(42-33(46)10-5-6-25-23-41-30-8-2-1-7-27(25)30)35(48)43-31(9-3-4-13-39)36(49)45-18-16-44(17-19-45)26-11-14-40-15-12-26/h1-2,7-8,11-12,14-15,20-21,23,31-32,41,47H,3-6,9-10,13,16-19,22,39H2,(H,42,46)(H,43,48)/t31-,32+/m0/s1. The Morgan fingerprint density at radius 2 is 1.65 bits per heavy atom. The van der Waals surface area contributed by atoms with Crippen LogP contribution in [0.5, 0.6) is 5.75 Å². The molecule has 0 saturated carbocycles. The van der Waals surface area contributed by atoms with E-state index in [-0.39, 0.29) is 30.4 Å².